The number of halogens is 1. The van der Waals surface area contributed by atoms with Crippen LogP contribution in [0, 0.1) is 5.82 Å². The van der Waals surface area contributed by atoms with E-state index in [2.05, 4.69) is 9.39 Å². The molecule has 0 saturated heterocycles. The van der Waals surface area contributed by atoms with Crippen LogP contribution in [0.15, 0.2) is 18.2 Å². The van der Waals surface area contributed by atoms with E-state index in [1.54, 1.807) is 6.92 Å². The molecule has 0 radical (unpaired) electrons. The van der Waals surface area contributed by atoms with Crippen LogP contribution in [0.3, 0.4) is 0 Å². The predicted molar refractivity (Wildman–Crippen MR) is 53.2 cm³/mol. The monoisotopic (exact) mass is 228 g/mol. The highest BCUT2D eigenvalue weighted by atomic mass is 19.1. The smallest absolute Gasteiger partial charge is 0.512 e. The van der Waals surface area contributed by atoms with Crippen LogP contribution in [0.5, 0.6) is 5.75 Å². The third kappa shape index (κ3) is 3.21. The van der Waals surface area contributed by atoms with Crippen molar-refractivity contribution in [3.8, 4) is 5.75 Å². The van der Waals surface area contributed by atoms with Crippen molar-refractivity contribution in [2.24, 2.45) is 0 Å². The Balaban J connectivity index is 2.87. The van der Waals surface area contributed by atoms with Crippen LogP contribution < -0.4 is 4.65 Å². The fourth-order valence-electron chi connectivity index (χ4n) is 1.07. The summed E-state index contributed by atoms with van der Waals surface area (Å²) < 4.78 is 22.4. The minimum atomic E-state index is -2.03. The summed E-state index contributed by atoms with van der Waals surface area (Å²) in [5.74, 6) is -1.73. The number of esters is 1. The standard InChI is InChI=1S/C9H10BFO5/c1-2-15-9(12)7-4-3-6(5-8(7)11)16-10(13)14/h3-5,13-14H,2H2,1H3. The first-order valence-corrected chi connectivity index (χ1v) is 4.54. The SMILES string of the molecule is CCOC(=O)c1ccc(OB(O)O)cc1F. The second kappa shape index (κ2) is 5.48. The molecular formula is C9H10BFO5. The van der Waals surface area contributed by atoms with Crippen LogP contribution in [0.25, 0.3) is 0 Å². The number of rotatable bonds is 4. The zero-order chi connectivity index (χ0) is 12.1. The van der Waals surface area contributed by atoms with Crippen LogP contribution in [0.1, 0.15) is 17.3 Å². The molecule has 2 N–H and O–H groups in total. The van der Waals surface area contributed by atoms with Gasteiger partial charge in [0.25, 0.3) is 0 Å². The van der Waals surface area contributed by atoms with Gasteiger partial charge in [-0.05, 0) is 19.1 Å². The highest BCUT2D eigenvalue weighted by molar-refractivity contribution is 6.33. The van der Waals surface area contributed by atoms with Gasteiger partial charge in [-0.2, -0.15) is 0 Å². The van der Waals surface area contributed by atoms with Gasteiger partial charge < -0.3 is 19.4 Å². The first kappa shape index (κ1) is 12.5. The molecule has 1 aromatic carbocycles. The Bertz CT molecular complexity index is 382. The summed E-state index contributed by atoms with van der Waals surface area (Å²) in [5.41, 5.74) is -0.235. The third-order valence-electron chi connectivity index (χ3n) is 1.68. The largest absolute Gasteiger partial charge is 0.707 e. The zero-order valence-corrected chi connectivity index (χ0v) is 8.51. The van der Waals surface area contributed by atoms with Crippen LogP contribution in [-0.2, 0) is 4.74 Å². The summed E-state index contributed by atoms with van der Waals surface area (Å²) in [4.78, 5) is 11.2. The molecule has 0 unspecified atom stereocenters. The molecule has 0 aliphatic heterocycles. The third-order valence-corrected chi connectivity index (χ3v) is 1.68. The first-order chi connectivity index (χ1) is 7.54. The second-order valence-corrected chi connectivity index (χ2v) is 2.81. The summed E-state index contributed by atoms with van der Waals surface area (Å²) in [6.07, 6.45) is 0. The number of ether oxygens (including phenoxy) is 1. The van der Waals surface area contributed by atoms with Crippen molar-refractivity contribution in [2.45, 2.75) is 6.92 Å². The minimum Gasteiger partial charge on any atom is -0.512 e. The summed E-state index contributed by atoms with van der Waals surface area (Å²) in [6.45, 7) is 1.75. The number of hydrogen-bond donors (Lipinski definition) is 2. The Morgan fingerprint density at radius 2 is 2.19 bits per heavy atom. The molecule has 0 aliphatic carbocycles. The van der Waals surface area contributed by atoms with E-state index < -0.39 is 19.1 Å². The van der Waals surface area contributed by atoms with Crippen molar-refractivity contribution in [3.63, 3.8) is 0 Å². The second-order valence-electron chi connectivity index (χ2n) is 2.81. The molecule has 0 aliphatic rings. The molecule has 0 atom stereocenters. The van der Waals surface area contributed by atoms with Crippen molar-refractivity contribution >= 4 is 13.3 Å². The van der Waals surface area contributed by atoms with E-state index in [0.717, 1.165) is 12.1 Å². The molecule has 0 saturated carbocycles. The molecule has 16 heavy (non-hydrogen) atoms. The fraction of sp³-hybridized carbons (Fsp3) is 0.222. The van der Waals surface area contributed by atoms with Gasteiger partial charge in [0.2, 0.25) is 0 Å². The van der Waals surface area contributed by atoms with E-state index in [9.17, 15) is 9.18 Å². The topological polar surface area (TPSA) is 76.0 Å². The molecular weight excluding hydrogens is 218 g/mol. The van der Waals surface area contributed by atoms with Crippen molar-refractivity contribution in [1.82, 2.24) is 0 Å². The van der Waals surface area contributed by atoms with Gasteiger partial charge in [-0.1, -0.05) is 0 Å². The van der Waals surface area contributed by atoms with Gasteiger partial charge in [0, 0.05) is 6.07 Å². The molecule has 0 fully saturated rings. The van der Waals surface area contributed by atoms with E-state index in [0.29, 0.717) is 0 Å². The molecule has 0 aromatic heterocycles. The molecule has 1 aromatic rings. The first-order valence-electron chi connectivity index (χ1n) is 4.54. The summed E-state index contributed by atoms with van der Waals surface area (Å²) in [6, 6.07) is 3.24. The number of carbonyl (C=O) groups is 1. The molecule has 0 bridgehead atoms. The van der Waals surface area contributed by atoms with Crippen molar-refractivity contribution in [1.29, 1.82) is 0 Å². The zero-order valence-electron chi connectivity index (χ0n) is 8.51. The van der Waals surface area contributed by atoms with Crippen molar-refractivity contribution in [3.05, 3.63) is 29.6 Å². The maximum absolute atomic E-state index is 13.3. The van der Waals surface area contributed by atoms with Gasteiger partial charge in [0.15, 0.2) is 0 Å². The lowest BCUT2D eigenvalue weighted by Crippen LogP contribution is -2.20. The Kier molecular flexibility index (Phi) is 4.27. The lowest BCUT2D eigenvalue weighted by Gasteiger charge is -2.07. The Morgan fingerprint density at radius 1 is 1.50 bits per heavy atom. The van der Waals surface area contributed by atoms with Gasteiger partial charge in [-0.25, -0.2) is 9.18 Å². The summed E-state index contributed by atoms with van der Waals surface area (Å²) in [7, 11) is -2.03. The van der Waals surface area contributed by atoms with Gasteiger partial charge in [0.05, 0.1) is 12.2 Å². The molecule has 0 heterocycles. The average molecular weight is 228 g/mol. The Hall–Kier alpha value is -1.60. The fourth-order valence-corrected chi connectivity index (χ4v) is 1.07. The Morgan fingerprint density at radius 3 is 2.69 bits per heavy atom. The lowest BCUT2D eigenvalue weighted by atomic mass is 10.2. The molecule has 86 valence electrons. The molecule has 0 amide bonds. The van der Waals surface area contributed by atoms with Crippen LogP contribution in [0.4, 0.5) is 4.39 Å². The number of hydrogen-bond acceptors (Lipinski definition) is 5. The molecule has 0 spiro atoms. The van der Waals surface area contributed by atoms with E-state index in [1.807, 2.05) is 0 Å². The summed E-state index contributed by atoms with van der Waals surface area (Å²) in [5, 5.41) is 17.0. The summed E-state index contributed by atoms with van der Waals surface area (Å²) >= 11 is 0. The van der Waals surface area contributed by atoms with Gasteiger partial charge in [-0.3, -0.25) is 0 Å². The van der Waals surface area contributed by atoms with E-state index >= 15 is 0 Å². The highest BCUT2D eigenvalue weighted by Gasteiger charge is 2.16. The quantitative estimate of drug-likeness (QED) is 0.574. The van der Waals surface area contributed by atoms with Gasteiger partial charge >= 0.3 is 13.3 Å². The Labute approximate surface area is 91.6 Å². The van der Waals surface area contributed by atoms with E-state index in [4.69, 9.17) is 10.0 Å². The minimum absolute atomic E-state index is 0.0967. The maximum Gasteiger partial charge on any atom is 0.707 e. The maximum atomic E-state index is 13.3. The van der Waals surface area contributed by atoms with Crippen LogP contribution >= 0.6 is 0 Å². The van der Waals surface area contributed by atoms with Crippen molar-refractivity contribution in [2.75, 3.05) is 6.61 Å². The van der Waals surface area contributed by atoms with E-state index in [-0.39, 0.29) is 17.9 Å². The lowest BCUT2D eigenvalue weighted by molar-refractivity contribution is 0.0521. The number of carbonyl (C=O) groups excluding carboxylic acids is 1. The molecule has 5 nitrogen and oxygen atoms in total. The van der Waals surface area contributed by atoms with Crippen LogP contribution in [0.2, 0.25) is 0 Å². The van der Waals surface area contributed by atoms with Gasteiger partial charge in [0.1, 0.15) is 11.6 Å². The van der Waals surface area contributed by atoms with Crippen LogP contribution in [-0.4, -0.2) is 29.9 Å². The average Bonchev–Trinajstić information content (AvgIpc) is 2.16. The van der Waals surface area contributed by atoms with E-state index in [1.165, 1.54) is 6.07 Å². The van der Waals surface area contributed by atoms with Gasteiger partial charge in [-0.15, -0.1) is 0 Å². The van der Waals surface area contributed by atoms with Crippen molar-refractivity contribution < 1.29 is 28.6 Å². The predicted octanol–water partition coefficient (Wildman–Crippen LogP) is 0.351. The molecule has 1 rings (SSSR count). The normalized spacial score (nSPS) is 9.75. The molecule has 7 heteroatoms. The number of benzene rings is 1. The highest BCUT2D eigenvalue weighted by Crippen LogP contribution is 2.17.